The summed E-state index contributed by atoms with van der Waals surface area (Å²) in [7, 11) is 0. The molecule has 0 saturated carbocycles. The molecular weight excluding hydrogens is 392 g/mol. The molecule has 2 heterocycles. The van der Waals surface area contributed by atoms with Crippen LogP contribution in [0.2, 0.25) is 0 Å². The number of nitrogens with zero attached hydrogens (tertiary/aromatic N) is 5. The minimum atomic E-state index is -4.82. The third-order valence-electron chi connectivity index (χ3n) is 4.26. The zero-order chi connectivity index (χ0) is 21.0. The highest BCUT2D eigenvalue weighted by Gasteiger charge is 2.34. The largest absolute Gasteiger partial charge is 0.457 e. The van der Waals surface area contributed by atoms with Crippen LogP contribution in [0.25, 0.3) is 0 Å². The van der Waals surface area contributed by atoms with Gasteiger partial charge in [-0.25, -0.2) is 9.37 Å². The molecule has 0 atom stereocenters. The number of aliphatic imine (C=N–C) groups is 1. The van der Waals surface area contributed by atoms with Crippen LogP contribution in [0.4, 0.5) is 28.9 Å². The van der Waals surface area contributed by atoms with Gasteiger partial charge in [0.2, 0.25) is 0 Å². The van der Waals surface area contributed by atoms with Crippen LogP contribution in [0.1, 0.15) is 17.7 Å². The summed E-state index contributed by atoms with van der Waals surface area (Å²) >= 11 is 0. The maximum atomic E-state index is 13.3. The highest BCUT2D eigenvalue weighted by atomic mass is 19.4. The van der Waals surface area contributed by atoms with Crippen molar-refractivity contribution in [3.8, 4) is 6.01 Å². The SMILES string of the molecule is Cc1nc(OCC(C=Nc2ccc(F)c(C(F)(F)F)c2)=NN)ncc1N1CCC1. The second-order valence-electron chi connectivity index (χ2n) is 6.29. The molecule has 3 rings (SSSR count). The summed E-state index contributed by atoms with van der Waals surface area (Å²) in [6, 6.07) is 2.52. The van der Waals surface area contributed by atoms with E-state index in [4.69, 9.17) is 10.6 Å². The van der Waals surface area contributed by atoms with Crippen molar-refractivity contribution < 1.29 is 22.3 Å². The molecule has 1 aliphatic heterocycles. The molecule has 1 fully saturated rings. The van der Waals surface area contributed by atoms with Gasteiger partial charge in [0.05, 0.1) is 35.0 Å². The van der Waals surface area contributed by atoms with E-state index in [0.717, 1.165) is 43.2 Å². The van der Waals surface area contributed by atoms with E-state index < -0.39 is 17.6 Å². The summed E-state index contributed by atoms with van der Waals surface area (Å²) in [4.78, 5) is 14.4. The molecule has 0 amide bonds. The Morgan fingerprint density at radius 2 is 2.10 bits per heavy atom. The molecule has 2 N–H and O–H groups in total. The molecular formula is C18H18F4N6O. The Balaban J connectivity index is 1.64. The lowest BCUT2D eigenvalue weighted by molar-refractivity contribution is -0.139. The molecule has 2 aromatic rings. The van der Waals surface area contributed by atoms with Crippen molar-refractivity contribution in [2.24, 2.45) is 15.9 Å². The third kappa shape index (κ3) is 4.98. The average Bonchev–Trinajstić information content (AvgIpc) is 2.62. The molecule has 11 heteroatoms. The summed E-state index contributed by atoms with van der Waals surface area (Å²) in [5, 5.41) is 3.48. The van der Waals surface area contributed by atoms with Crippen molar-refractivity contribution in [2.45, 2.75) is 19.5 Å². The van der Waals surface area contributed by atoms with Gasteiger partial charge in [0.1, 0.15) is 18.1 Å². The van der Waals surface area contributed by atoms with Crippen LogP contribution in [-0.4, -0.2) is 41.6 Å². The molecule has 0 aliphatic carbocycles. The molecule has 0 spiro atoms. The van der Waals surface area contributed by atoms with Crippen molar-refractivity contribution in [3.05, 3.63) is 41.5 Å². The Hall–Kier alpha value is -3.24. The molecule has 1 aromatic carbocycles. The van der Waals surface area contributed by atoms with Crippen molar-refractivity contribution in [1.82, 2.24) is 9.97 Å². The Bertz CT molecular complexity index is 940. The zero-order valence-electron chi connectivity index (χ0n) is 15.4. The second kappa shape index (κ2) is 8.41. The number of anilines is 1. The standard InChI is InChI=1S/C18H18F4N6O/c1-11-16(28-5-2-6-28)9-25-17(26-11)29-10-13(27-23)8-24-12-3-4-15(19)14(7-12)18(20,21)22/h3-4,7-9H,2,5-6,10,23H2,1H3. The van der Waals surface area contributed by atoms with Crippen LogP contribution in [-0.2, 0) is 6.18 Å². The summed E-state index contributed by atoms with van der Waals surface area (Å²) in [5.41, 5.74) is 0.331. The first-order chi connectivity index (χ1) is 13.8. The minimum absolute atomic E-state index is 0.106. The Labute approximate surface area is 163 Å². The summed E-state index contributed by atoms with van der Waals surface area (Å²) in [5.74, 6) is 3.90. The monoisotopic (exact) mass is 410 g/mol. The van der Waals surface area contributed by atoms with Gasteiger partial charge in [-0.1, -0.05) is 0 Å². The number of hydrogen-bond acceptors (Lipinski definition) is 7. The van der Waals surface area contributed by atoms with E-state index in [1.54, 1.807) is 6.20 Å². The van der Waals surface area contributed by atoms with Gasteiger partial charge in [0.25, 0.3) is 0 Å². The zero-order valence-corrected chi connectivity index (χ0v) is 15.4. The van der Waals surface area contributed by atoms with Crippen molar-refractivity contribution >= 4 is 23.3 Å². The van der Waals surface area contributed by atoms with Gasteiger partial charge in [-0.15, -0.1) is 0 Å². The molecule has 0 radical (unpaired) electrons. The Morgan fingerprint density at radius 1 is 1.34 bits per heavy atom. The van der Waals surface area contributed by atoms with E-state index in [-0.39, 0.29) is 24.0 Å². The predicted molar refractivity (Wildman–Crippen MR) is 100 cm³/mol. The number of aryl methyl sites for hydroxylation is 1. The van der Waals surface area contributed by atoms with Gasteiger partial charge in [-0.05, 0) is 31.5 Å². The first-order valence-electron chi connectivity index (χ1n) is 8.67. The predicted octanol–water partition coefficient (Wildman–Crippen LogP) is 3.25. The first kappa shape index (κ1) is 20.5. The number of rotatable bonds is 6. The van der Waals surface area contributed by atoms with Crippen LogP contribution in [0.5, 0.6) is 6.01 Å². The molecule has 1 saturated heterocycles. The minimum Gasteiger partial charge on any atom is -0.457 e. The van der Waals surface area contributed by atoms with Crippen molar-refractivity contribution in [2.75, 3.05) is 24.6 Å². The maximum Gasteiger partial charge on any atom is 0.419 e. The van der Waals surface area contributed by atoms with Crippen LogP contribution >= 0.6 is 0 Å². The number of hydrazone groups is 1. The lowest BCUT2D eigenvalue weighted by Crippen LogP contribution is -2.37. The number of nitrogens with two attached hydrogens (primary N) is 1. The van der Waals surface area contributed by atoms with E-state index in [1.807, 2.05) is 6.92 Å². The molecule has 0 bridgehead atoms. The van der Waals surface area contributed by atoms with Crippen LogP contribution in [0, 0.1) is 12.7 Å². The first-order valence-corrected chi connectivity index (χ1v) is 8.67. The second-order valence-corrected chi connectivity index (χ2v) is 6.29. The van der Waals surface area contributed by atoms with Crippen LogP contribution < -0.4 is 15.5 Å². The summed E-state index contributed by atoms with van der Waals surface area (Å²) < 4.78 is 57.1. The smallest absolute Gasteiger partial charge is 0.419 e. The maximum absolute atomic E-state index is 13.3. The number of ether oxygens (including phenoxy) is 1. The molecule has 7 nitrogen and oxygen atoms in total. The fourth-order valence-electron chi connectivity index (χ4n) is 2.58. The third-order valence-corrected chi connectivity index (χ3v) is 4.26. The quantitative estimate of drug-likeness (QED) is 0.342. The highest BCUT2D eigenvalue weighted by molar-refractivity contribution is 6.31. The molecule has 1 aromatic heterocycles. The van der Waals surface area contributed by atoms with Crippen molar-refractivity contribution in [3.63, 3.8) is 0 Å². The van der Waals surface area contributed by atoms with Crippen LogP contribution in [0.3, 0.4) is 0 Å². The van der Waals surface area contributed by atoms with Gasteiger partial charge in [0.15, 0.2) is 0 Å². The number of alkyl halides is 3. The van der Waals surface area contributed by atoms with Crippen molar-refractivity contribution in [1.29, 1.82) is 0 Å². The van der Waals surface area contributed by atoms with E-state index in [1.165, 1.54) is 0 Å². The van der Waals surface area contributed by atoms with Gasteiger partial charge in [-0.3, -0.25) is 4.99 Å². The number of aromatic nitrogens is 2. The Morgan fingerprint density at radius 3 is 2.69 bits per heavy atom. The highest BCUT2D eigenvalue weighted by Crippen LogP contribution is 2.33. The van der Waals surface area contributed by atoms with E-state index in [0.29, 0.717) is 12.1 Å². The van der Waals surface area contributed by atoms with Gasteiger partial charge >= 0.3 is 12.2 Å². The fourth-order valence-corrected chi connectivity index (χ4v) is 2.58. The normalized spacial score (nSPS) is 14.9. The summed E-state index contributed by atoms with van der Waals surface area (Å²) in [6.07, 6.45) is -0.886. The van der Waals surface area contributed by atoms with E-state index in [2.05, 4.69) is 25.0 Å². The molecule has 1 aliphatic rings. The number of halogens is 4. The van der Waals surface area contributed by atoms with E-state index >= 15 is 0 Å². The molecule has 29 heavy (non-hydrogen) atoms. The van der Waals surface area contributed by atoms with E-state index in [9.17, 15) is 17.6 Å². The van der Waals surface area contributed by atoms with Gasteiger partial charge < -0.3 is 15.5 Å². The van der Waals surface area contributed by atoms with Crippen LogP contribution in [0.15, 0.2) is 34.5 Å². The van der Waals surface area contributed by atoms with Gasteiger partial charge in [0, 0.05) is 13.1 Å². The average molecular weight is 410 g/mol. The Kier molecular flexibility index (Phi) is 5.95. The molecule has 154 valence electrons. The summed E-state index contributed by atoms with van der Waals surface area (Å²) in [6.45, 7) is 3.62. The number of benzene rings is 1. The molecule has 0 unspecified atom stereocenters. The van der Waals surface area contributed by atoms with Gasteiger partial charge in [-0.2, -0.15) is 23.3 Å². The lowest BCUT2D eigenvalue weighted by Gasteiger charge is -2.33. The topological polar surface area (TPSA) is 89.0 Å². The number of hydrogen-bond donors (Lipinski definition) is 1. The fraction of sp³-hybridized carbons (Fsp3) is 0.333. The lowest BCUT2D eigenvalue weighted by atomic mass is 10.2.